The normalized spacial score (nSPS) is 11.9. The van der Waals surface area contributed by atoms with Crippen LogP contribution in [0.15, 0.2) is 77.6 Å². The van der Waals surface area contributed by atoms with Gasteiger partial charge in [0.2, 0.25) is 0 Å². The molecule has 0 radical (unpaired) electrons. The molecule has 3 aromatic carbocycles. The lowest BCUT2D eigenvalue weighted by atomic mass is 10.1. The Hall–Kier alpha value is -3.93. The van der Waals surface area contributed by atoms with Gasteiger partial charge >= 0.3 is 0 Å². The molecule has 0 saturated heterocycles. The number of unbranched alkanes of at least 4 members (excludes halogenated alkanes) is 1. The Labute approximate surface area is 212 Å². The van der Waals surface area contributed by atoms with Gasteiger partial charge in [0, 0.05) is 12.1 Å². The summed E-state index contributed by atoms with van der Waals surface area (Å²) in [6.07, 6.45) is 2.39. The quantitative estimate of drug-likeness (QED) is 0.289. The topological polar surface area (TPSA) is 64.4 Å². The molecule has 6 nitrogen and oxygen atoms in total. The van der Waals surface area contributed by atoms with Gasteiger partial charge in [-0.25, -0.2) is 4.98 Å². The number of nitrogens with zero attached hydrogens (tertiary/aromatic N) is 3. The smallest absolute Gasteiger partial charge is 0.266 e. The summed E-state index contributed by atoms with van der Waals surface area (Å²) < 4.78 is 7.24. The second-order valence-corrected chi connectivity index (χ2v) is 8.94. The minimum Gasteiger partial charge on any atom is -0.495 e. The first-order chi connectivity index (χ1) is 17.5. The van der Waals surface area contributed by atoms with E-state index in [0.717, 1.165) is 18.4 Å². The summed E-state index contributed by atoms with van der Waals surface area (Å²) in [5.74, 6) is 1.03. The molecule has 1 atom stereocenters. The Morgan fingerprint density at radius 2 is 1.69 bits per heavy atom. The molecule has 4 aromatic rings. The number of amides is 1. The van der Waals surface area contributed by atoms with Crippen LogP contribution in [0.25, 0.3) is 16.6 Å². The van der Waals surface area contributed by atoms with Gasteiger partial charge in [0.1, 0.15) is 11.6 Å². The van der Waals surface area contributed by atoms with Crippen LogP contribution in [0.5, 0.6) is 5.75 Å². The molecule has 0 saturated carbocycles. The molecule has 36 heavy (non-hydrogen) atoms. The van der Waals surface area contributed by atoms with Crippen molar-refractivity contribution >= 4 is 16.8 Å². The van der Waals surface area contributed by atoms with E-state index in [1.165, 1.54) is 0 Å². The van der Waals surface area contributed by atoms with Crippen molar-refractivity contribution in [2.24, 2.45) is 0 Å². The first kappa shape index (κ1) is 25.2. The second kappa shape index (κ2) is 11.2. The van der Waals surface area contributed by atoms with Gasteiger partial charge in [0.25, 0.3) is 11.5 Å². The van der Waals surface area contributed by atoms with Crippen LogP contribution >= 0.6 is 0 Å². The number of hydrogen-bond donors (Lipinski definition) is 0. The number of aryl methyl sites for hydroxylation is 1. The van der Waals surface area contributed by atoms with Crippen molar-refractivity contribution < 1.29 is 9.53 Å². The summed E-state index contributed by atoms with van der Waals surface area (Å²) in [6.45, 7) is 6.70. The van der Waals surface area contributed by atoms with E-state index < -0.39 is 6.04 Å². The summed E-state index contributed by atoms with van der Waals surface area (Å²) in [4.78, 5) is 34.6. The highest BCUT2D eigenvalue weighted by Gasteiger charge is 2.30. The molecule has 6 heteroatoms. The minimum atomic E-state index is -0.410. The fourth-order valence-corrected chi connectivity index (χ4v) is 4.55. The number of fused-ring (bicyclic) bond motifs is 1. The van der Waals surface area contributed by atoms with E-state index in [1.807, 2.05) is 85.5 Å². The van der Waals surface area contributed by atoms with E-state index in [0.29, 0.717) is 46.7 Å². The van der Waals surface area contributed by atoms with Gasteiger partial charge in [-0.1, -0.05) is 62.2 Å². The molecule has 0 fully saturated rings. The van der Waals surface area contributed by atoms with E-state index in [9.17, 15) is 9.59 Å². The lowest BCUT2D eigenvalue weighted by Crippen LogP contribution is -2.39. The molecular formula is C30H33N3O3. The zero-order chi connectivity index (χ0) is 25.7. The van der Waals surface area contributed by atoms with Crippen LogP contribution in [-0.2, 0) is 0 Å². The van der Waals surface area contributed by atoms with Crippen molar-refractivity contribution in [3.05, 3.63) is 100 Å². The van der Waals surface area contributed by atoms with Crippen LogP contribution in [0.2, 0.25) is 0 Å². The van der Waals surface area contributed by atoms with Crippen LogP contribution in [0.3, 0.4) is 0 Å². The molecule has 4 rings (SSSR count). The second-order valence-electron chi connectivity index (χ2n) is 8.94. The standard InChI is InChI=1S/C30H33N3O3/c1-5-7-20-32(29(34)22-18-16-21(3)17-19-22)25(6-2)28-31-24-13-9-8-12-23(24)30(35)33(28)26-14-10-11-15-27(26)36-4/h8-19,25H,5-7,20H2,1-4H3. The fourth-order valence-electron chi connectivity index (χ4n) is 4.55. The van der Waals surface area contributed by atoms with Gasteiger partial charge in [0.15, 0.2) is 0 Å². The number of para-hydroxylation sites is 3. The molecule has 186 valence electrons. The van der Waals surface area contributed by atoms with Gasteiger partial charge in [-0.15, -0.1) is 0 Å². The highest BCUT2D eigenvalue weighted by atomic mass is 16.5. The minimum absolute atomic E-state index is 0.0655. The van der Waals surface area contributed by atoms with Crippen LogP contribution < -0.4 is 10.3 Å². The maximum absolute atomic E-state index is 13.9. The molecule has 0 bridgehead atoms. The molecule has 1 aromatic heterocycles. The van der Waals surface area contributed by atoms with Crippen LogP contribution in [0, 0.1) is 6.92 Å². The SMILES string of the molecule is CCCCN(C(=O)c1ccc(C)cc1)C(CC)c1nc2ccccc2c(=O)n1-c1ccccc1OC. The fraction of sp³-hybridized carbons (Fsp3) is 0.300. The van der Waals surface area contributed by atoms with E-state index >= 15 is 0 Å². The van der Waals surface area contributed by atoms with Crippen LogP contribution in [0.4, 0.5) is 0 Å². The average Bonchev–Trinajstić information content (AvgIpc) is 2.91. The average molecular weight is 484 g/mol. The van der Waals surface area contributed by atoms with Gasteiger partial charge in [-0.2, -0.15) is 0 Å². The zero-order valence-electron chi connectivity index (χ0n) is 21.4. The Morgan fingerprint density at radius 1 is 1.00 bits per heavy atom. The largest absolute Gasteiger partial charge is 0.495 e. The lowest BCUT2D eigenvalue weighted by molar-refractivity contribution is 0.0656. The first-order valence-electron chi connectivity index (χ1n) is 12.5. The molecule has 0 aliphatic rings. The molecular weight excluding hydrogens is 450 g/mol. The van der Waals surface area contributed by atoms with E-state index in [4.69, 9.17) is 9.72 Å². The Bertz CT molecular complexity index is 1410. The van der Waals surface area contributed by atoms with Crippen molar-refractivity contribution in [2.45, 2.75) is 46.1 Å². The summed E-state index contributed by atoms with van der Waals surface area (Å²) in [6, 6.07) is 22.0. The third-order valence-corrected chi connectivity index (χ3v) is 6.50. The van der Waals surface area contributed by atoms with Crippen molar-refractivity contribution in [1.82, 2.24) is 14.5 Å². The monoisotopic (exact) mass is 483 g/mol. The number of carbonyl (C=O) groups excluding carboxylic acids is 1. The number of benzene rings is 3. The third-order valence-electron chi connectivity index (χ3n) is 6.50. The maximum Gasteiger partial charge on any atom is 0.266 e. The van der Waals surface area contributed by atoms with Crippen molar-refractivity contribution in [1.29, 1.82) is 0 Å². The molecule has 1 amide bonds. The lowest BCUT2D eigenvalue weighted by Gasteiger charge is -2.32. The predicted molar refractivity (Wildman–Crippen MR) is 144 cm³/mol. The highest BCUT2D eigenvalue weighted by Crippen LogP contribution is 2.30. The summed E-state index contributed by atoms with van der Waals surface area (Å²) in [5, 5.41) is 0.520. The summed E-state index contributed by atoms with van der Waals surface area (Å²) in [5.41, 5.74) is 2.76. The van der Waals surface area contributed by atoms with Crippen molar-refractivity contribution in [3.8, 4) is 11.4 Å². The number of methoxy groups -OCH3 is 1. The van der Waals surface area contributed by atoms with Gasteiger partial charge < -0.3 is 9.64 Å². The van der Waals surface area contributed by atoms with Crippen molar-refractivity contribution in [3.63, 3.8) is 0 Å². The zero-order valence-corrected chi connectivity index (χ0v) is 21.4. The van der Waals surface area contributed by atoms with E-state index in [1.54, 1.807) is 17.7 Å². The van der Waals surface area contributed by atoms with Gasteiger partial charge in [-0.05, 0) is 56.2 Å². The van der Waals surface area contributed by atoms with Crippen LogP contribution in [-0.4, -0.2) is 34.0 Å². The van der Waals surface area contributed by atoms with Crippen LogP contribution in [0.1, 0.15) is 60.9 Å². The van der Waals surface area contributed by atoms with E-state index in [2.05, 4.69) is 6.92 Å². The molecule has 0 aliphatic carbocycles. The van der Waals surface area contributed by atoms with Gasteiger partial charge in [-0.3, -0.25) is 14.2 Å². The number of rotatable bonds is 9. The first-order valence-corrected chi connectivity index (χ1v) is 12.5. The number of carbonyl (C=O) groups is 1. The highest BCUT2D eigenvalue weighted by molar-refractivity contribution is 5.94. The summed E-state index contributed by atoms with van der Waals surface area (Å²) in [7, 11) is 1.59. The van der Waals surface area contributed by atoms with E-state index in [-0.39, 0.29) is 11.5 Å². The van der Waals surface area contributed by atoms with Crippen molar-refractivity contribution in [2.75, 3.05) is 13.7 Å². The molecule has 0 aliphatic heterocycles. The Kier molecular flexibility index (Phi) is 7.84. The Morgan fingerprint density at radius 3 is 2.39 bits per heavy atom. The predicted octanol–water partition coefficient (Wildman–Crippen LogP) is 6.10. The Balaban J connectivity index is 1.96. The molecule has 0 spiro atoms. The maximum atomic E-state index is 13.9. The third kappa shape index (κ3) is 4.89. The number of hydrogen-bond acceptors (Lipinski definition) is 4. The molecule has 0 N–H and O–H groups in total. The molecule has 1 heterocycles. The summed E-state index contributed by atoms with van der Waals surface area (Å²) >= 11 is 0. The number of ether oxygens (including phenoxy) is 1. The molecule has 1 unspecified atom stereocenters. The number of aromatic nitrogens is 2. The van der Waals surface area contributed by atoms with Gasteiger partial charge in [0.05, 0.1) is 29.7 Å².